The first-order valence-electron chi connectivity index (χ1n) is 8.89. The first-order valence-corrected chi connectivity index (χ1v) is 8.89. The third-order valence-corrected chi connectivity index (χ3v) is 4.97. The van der Waals surface area contributed by atoms with Crippen molar-refractivity contribution in [1.82, 2.24) is 10.2 Å². The van der Waals surface area contributed by atoms with Gasteiger partial charge in [-0.05, 0) is 43.7 Å². The van der Waals surface area contributed by atoms with Crippen LogP contribution >= 0.6 is 12.4 Å². The summed E-state index contributed by atoms with van der Waals surface area (Å²) in [5, 5.41) is 5.61. The summed E-state index contributed by atoms with van der Waals surface area (Å²) in [4.78, 5) is 26.5. The van der Waals surface area contributed by atoms with Crippen LogP contribution in [0.3, 0.4) is 0 Å². The molecule has 6 nitrogen and oxygen atoms in total. The molecule has 3 amide bonds. The highest BCUT2D eigenvalue weighted by Gasteiger charge is 2.34. The Hall–Kier alpha value is -1.86. The lowest BCUT2D eigenvalue weighted by Crippen LogP contribution is -2.50. The van der Waals surface area contributed by atoms with Gasteiger partial charge in [-0.1, -0.05) is 12.1 Å². The summed E-state index contributed by atoms with van der Waals surface area (Å²) in [5.41, 5.74) is 5.89. The third kappa shape index (κ3) is 5.08. The van der Waals surface area contributed by atoms with Crippen LogP contribution in [0, 0.1) is 17.7 Å². The molecule has 1 saturated carbocycles. The highest BCUT2D eigenvalue weighted by Crippen LogP contribution is 2.32. The molecule has 26 heavy (non-hydrogen) atoms. The Morgan fingerprint density at radius 2 is 2.00 bits per heavy atom. The average Bonchev–Trinajstić information content (AvgIpc) is 3.46. The number of carbonyl (C=O) groups is 2. The van der Waals surface area contributed by atoms with Crippen molar-refractivity contribution in [2.45, 2.75) is 31.7 Å². The van der Waals surface area contributed by atoms with Gasteiger partial charge in [-0.3, -0.25) is 4.79 Å². The Bertz CT molecular complexity index is 641. The van der Waals surface area contributed by atoms with E-state index >= 15 is 0 Å². The van der Waals surface area contributed by atoms with Crippen LogP contribution in [0.1, 0.15) is 25.7 Å². The minimum atomic E-state index is -0.475. The lowest BCUT2D eigenvalue weighted by Gasteiger charge is -2.33. The van der Waals surface area contributed by atoms with E-state index in [-0.39, 0.29) is 42.0 Å². The number of rotatable bonds is 5. The minimum absolute atomic E-state index is 0. The summed E-state index contributed by atoms with van der Waals surface area (Å²) in [6.45, 7) is 1.35. The zero-order valence-electron chi connectivity index (χ0n) is 14.6. The molecule has 0 radical (unpaired) electrons. The van der Waals surface area contributed by atoms with Crippen LogP contribution in [0.25, 0.3) is 0 Å². The number of amides is 3. The van der Waals surface area contributed by atoms with Crippen LogP contribution in [0.15, 0.2) is 24.3 Å². The molecular formula is C18H26ClFN4O2. The van der Waals surface area contributed by atoms with Gasteiger partial charge >= 0.3 is 6.03 Å². The molecule has 2 atom stereocenters. The van der Waals surface area contributed by atoms with E-state index in [1.54, 1.807) is 17.0 Å². The van der Waals surface area contributed by atoms with E-state index < -0.39 is 5.82 Å². The number of para-hydroxylation sites is 1. The van der Waals surface area contributed by atoms with Crippen molar-refractivity contribution in [2.75, 3.05) is 25.0 Å². The number of hydrogen-bond donors (Lipinski definition) is 3. The SMILES string of the molecule is Cl.NCC(NC(=O)C1CCCN(C(=O)Nc2ccccc2F)C1)C1CC1. The van der Waals surface area contributed by atoms with Gasteiger partial charge in [0.2, 0.25) is 5.91 Å². The van der Waals surface area contributed by atoms with Crippen molar-refractivity contribution in [3.63, 3.8) is 0 Å². The molecule has 1 saturated heterocycles. The largest absolute Gasteiger partial charge is 0.352 e. The maximum atomic E-state index is 13.7. The molecule has 2 unspecified atom stereocenters. The van der Waals surface area contributed by atoms with Crippen LogP contribution in [0.4, 0.5) is 14.9 Å². The van der Waals surface area contributed by atoms with E-state index in [1.807, 2.05) is 0 Å². The molecule has 0 aromatic heterocycles. The van der Waals surface area contributed by atoms with Crippen LogP contribution in [0.5, 0.6) is 0 Å². The molecule has 1 aliphatic carbocycles. The Kier molecular flexibility index (Phi) is 7.23. The van der Waals surface area contributed by atoms with Gasteiger partial charge < -0.3 is 21.3 Å². The monoisotopic (exact) mass is 384 g/mol. The predicted octanol–water partition coefficient (Wildman–Crippen LogP) is 2.34. The fraction of sp³-hybridized carbons (Fsp3) is 0.556. The zero-order chi connectivity index (χ0) is 17.8. The van der Waals surface area contributed by atoms with Gasteiger partial charge in [0, 0.05) is 25.7 Å². The third-order valence-electron chi connectivity index (χ3n) is 4.97. The highest BCUT2D eigenvalue weighted by atomic mass is 35.5. The lowest BCUT2D eigenvalue weighted by atomic mass is 9.96. The van der Waals surface area contributed by atoms with Gasteiger partial charge in [0.25, 0.3) is 0 Å². The van der Waals surface area contributed by atoms with Crippen molar-refractivity contribution in [3.05, 3.63) is 30.1 Å². The highest BCUT2D eigenvalue weighted by molar-refractivity contribution is 5.90. The quantitative estimate of drug-likeness (QED) is 0.728. The van der Waals surface area contributed by atoms with E-state index in [0.29, 0.717) is 25.6 Å². The molecule has 3 rings (SSSR count). The molecule has 0 spiro atoms. The first kappa shape index (κ1) is 20.5. The fourth-order valence-corrected chi connectivity index (χ4v) is 3.30. The molecule has 0 bridgehead atoms. The number of hydrogen-bond acceptors (Lipinski definition) is 3. The van der Waals surface area contributed by atoms with Gasteiger partial charge in [-0.15, -0.1) is 12.4 Å². The lowest BCUT2D eigenvalue weighted by molar-refractivity contribution is -0.127. The molecule has 1 aromatic rings. The summed E-state index contributed by atoms with van der Waals surface area (Å²) in [6, 6.07) is 5.71. The number of likely N-dealkylation sites (tertiary alicyclic amines) is 1. The van der Waals surface area contributed by atoms with Crippen molar-refractivity contribution in [3.8, 4) is 0 Å². The second-order valence-electron chi connectivity index (χ2n) is 6.88. The summed E-state index contributed by atoms with van der Waals surface area (Å²) in [5.74, 6) is -0.256. The Morgan fingerprint density at radius 1 is 1.27 bits per heavy atom. The average molecular weight is 385 g/mol. The molecule has 1 heterocycles. The zero-order valence-corrected chi connectivity index (χ0v) is 15.4. The smallest absolute Gasteiger partial charge is 0.321 e. The maximum absolute atomic E-state index is 13.7. The van der Waals surface area contributed by atoms with Gasteiger partial charge in [0.15, 0.2) is 0 Å². The maximum Gasteiger partial charge on any atom is 0.321 e. The summed E-state index contributed by atoms with van der Waals surface area (Å²) < 4.78 is 13.7. The van der Waals surface area contributed by atoms with E-state index in [1.165, 1.54) is 12.1 Å². The predicted molar refractivity (Wildman–Crippen MR) is 101 cm³/mol. The number of halogens is 2. The van der Waals surface area contributed by atoms with Crippen molar-refractivity contribution in [2.24, 2.45) is 17.6 Å². The molecule has 8 heteroatoms. The molecule has 2 aliphatic rings. The number of nitrogens with two attached hydrogens (primary N) is 1. The molecule has 1 aromatic carbocycles. The van der Waals surface area contributed by atoms with E-state index in [9.17, 15) is 14.0 Å². The topological polar surface area (TPSA) is 87.5 Å². The molecular weight excluding hydrogens is 359 g/mol. The Balaban J connectivity index is 0.00000243. The van der Waals surface area contributed by atoms with Crippen molar-refractivity contribution < 1.29 is 14.0 Å². The second-order valence-corrected chi connectivity index (χ2v) is 6.88. The van der Waals surface area contributed by atoms with E-state index in [2.05, 4.69) is 10.6 Å². The normalized spacial score (nSPS) is 20.7. The van der Waals surface area contributed by atoms with E-state index in [4.69, 9.17) is 5.73 Å². The van der Waals surface area contributed by atoms with Crippen molar-refractivity contribution in [1.29, 1.82) is 0 Å². The molecule has 1 aliphatic heterocycles. The van der Waals surface area contributed by atoms with Crippen molar-refractivity contribution >= 4 is 30.0 Å². The minimum Gasteiger partial charge on any atom is -0.352 e. The number of anilines is 1. The standard InChI is InChI=1S/C18H25FN4O2.ClH/c19-14-5-1-2-6-15(14)22-18(25)23-9-3-4-13(11-23)17(24)21-16(10-20)12-7-8-12;/h1-2,5-6,12-13,16H,3-4,7-11,20H2,(H,21,24)(H,22,25);1H. The number of nitrogens with one attached hydrogen (secondary N) is 2. The summed E-state index contributed by atoms with van der Waals surface area (Å²) in [7, 11) is 0. The van der Waals surface area contributed by atoms with Gasteiger partial charge in [-0.25, -0.2) is 9.18 Å². The number of carbonyl (C=O) groups excluding carboxylic acids is 2. The molecule has 4 N–H and O–H groups in total. The summed E-state index contributed by atoms with van der Waals surface area (Å²) in [6.07, 6.45) is 3.73. The van der Waals surface area contributed by atoms with Gasteiger partial charge in [0.1, 0.15) is 5.82 Å². The van der Waals surface area contributed by atoms with Crippen LogP contribution in [-0.4, -0.2) is 42.5 Å². The molecule has 2 fully saturated rings. The van der Waals surface area contributed by atoms with Gasteiger partial charge in [-0.2, -0.15) is 0 Å². The first-order chi connectivity index (χ1) is 12.1. The van der Waals surface area contributed by atoms with Crippen LogP contribution in [-0.2, 0) is 4.79 Å². The number of urea groups is 1. The van der Waals surface area contributed by atoms with Gasteiger partial charge in [0.05, 0.1) is 11.6 Å². The Morgan fingerprint density at radius 3 is 2.65 bits per heavy atom. The second kappa shape index (κ2) is 9.19. The van der Waals surface area contributed by atoms with E-state index in [0.717, 1.165) is 25.7 Å². The molecule has 144 valence electrons. The Labute approximate surface area is 159 Å². The fourth-order valence-electron chi connectivity index (χ4n) is 3.30. The number of benzene rings is 1. The number of nitrogens with zero attached hydrogens (tertiary/aromatic N) is 1. The summed E-state index contributed by atoms with van der Waals surface area (Å²) >= 11 is 0. The van der Waals surface area contributed by atoms with Crippen LogP contribution in [0.2, 0.25) is 0 Å². The van der Waals surface area contributed by atoms with Crippen LogP contribution < -0.4 is 16.4 Å². The number of piperidine rings is 1.